The van der Waals surface area contributed by atoms with Gasteiger partial charge in [0.2, 0.25) is 12.7 Å². The van der Waals surface area contributed by atoms with Crippen LogP contribution >= 0.6 is 0 Å². The van der Waals surface area contributed by atoms with Crippen LogP contribution in [0.2, 0.25) is 0 Å². The number of furan rings is 1. The van der Waals surface area contributed by atoms with Gasteiger partial charge in [0.25, 0.3) is 5.91 Å². The van der Waals surface area contributed by atoms with Gasteiger partial charge in [-0.15, -0.1) is 0 Å². The maximum Gasteiger partial charge on any atom is 0.290 e. The molecule has 2 aliphatic heterocycles. The molecule has 0 unspecified atom stereocenters. The number of anilines is 1. The van der Waals surface area contributed by atoms with Crippen LogP contribution in [-0.2, 0) is 16.1 Å². The van der Waals surface area contributed by atoms with Gasteiger partial charge in [0.05, 0.1) is 19.5 Å². The van der Waals surface area contributed by atoms with E-state index in [0.717, 1.165) is 55.6 Å². The van der Waals surface area contributed by atoms with Crippen LogP contribution in [0.4, 0.5) is 5.69 Å². The minimum absolute atomic E-state index is 0.110. The number of morpholine rings is 1. The summed E-state index contributed by atoms with van der Waals surface area (Å²) in [6.45, 7) is 3.36. The number of fused-ring (bicyclic) bond motifs is 1. The lowest BCUT2D eigenvalue weighted by Crippen LogP contribution is -2.45. The van der Waals surface area contributed by atoms with Crippen LogP contribution in [0.3, 0.4) is 0 Å². The number of nitrogens with zero attached hydrogens (tertiary/aromatic N) is 2. The third-order valence-corrected chi connectivity index (χ3v) is 7.63. The average molecular weight is 532 g/mol. The van der Waals surface area contributed by atoms with E-state index in [1.54, 1.807) is 17.0 Å². The number of amides is 2. The van der Waals surface area contributed by atoms with Crippen LogP contribution in [0.1, 0.15) is 53.4 Å². The summed E-state index contributed by atoms with van der Waals surface area (Å²) < 4.78 is 22.0. The number of rotatable bonds is 8. The van der Waals surface area contributed by atoms with E-state index < -0.39 is 6.04 Å². The lowest BCUT2D eigenvalue weighted by atomic mass is 10.0. The monoisotopic (exact) mass is 531 g/mol. The van der Waals surface area contributed by atoms with Gasteiger partial charge < -0.3 is 33.7 Å². The minimum atomic E-state index is -0.854. The van der Waals surface area contributed by atoms with Crippen LogP contribution in [-0.4, -0.2) is 55.9 Å². The summed E-state index contributed by atoms with van der Waals surface area (Å²) in [5.41, 5.74) is 2.63. The molecule has 3 aromatic rings. The highest BCUT2D eigenvalue weighted by Gasteiger charge is 2.35. The molecule has 204 valence electrons. The summed E-state index contributed by atoms with van der Waals surface area (Å²) in [5, 5.41) is 3.23. The fourth-order valence-electron chi connectivity index (χ4n) is 5.57. The highest BCUT2D eigenvalue weighted by atomic mass is 16.7. The third kappa shape index (κ3) is 5.59. The maximum atomic E-state index is 14.0. The molecule has 9 nitrogen and oxygen atoms in total. The van der Waals surface area contributed by atoms with Gasteiger partial charge >= 0.3 is 0 Å². The van der Waals surface area contributed by atoms with Crippen molar-refractivity contribution in [1.29, 1.82) is 0 Å². The van der Waals surface area contributed by atoms with E-state index in [1.165, 1.54) is 6.26 Å². The summed E-state index contributed by atoms with van der Waals surface area (Å²) in [7, 11) is 0. The molecular formula is C30H33N3O6. The van der Waals surface area contributed by atoms with Crippen molar-refractivity contribution in [3.8, 4) is 11.5 Å². The molecule has 1 atom stereocenters. The molecule has 39 heavy (non-hydrogen) atoms. The fourth-order valence-corrected chi connectivity index (χ4v) is 5.57. The average Bonchev–Trinajstić information content (AvgIpc) is 3.76. The zero-order valence-corrected chi connectivity index (χ0v) is 21.8. The van der Waals surface area contributed by atoms with E-state index in [1.807, 2.05) is 42.5 Å². The van der Waals surface area contributed by atoms with Crippen molar-refractivity contribution in [3.63, 3.8) is 0 Å². The van der Waals surface area contributed by atoms with Crippen molar-refractivity contribution in [2.24, 2.45) is 0 Å². The Morgan fingerprint density at radius 2 is 1.74 bits per heavy atom. The summed E-state index contributed by atoms with van der Waals surface area (Å²) in [6, 6.07) is 16.1. The zero-order valence-electron chi connectivity index (χ0n) is 21.8. The summed E-state index contributed by atoms with van der Waals surface area (Å²) in [6.07, 6.45) is 5.55. The van der Waals surface area contributed by atoms with E-state index in [9.17, 15) is 9.59 Å². The number of hydrogen-bond donors (Lipinski definition) is 1. The first-order valence-electron chi connectivity index (χ1n) is 13.6. The van der Waals surface area contributed by atoms with Crippen molar-refractivity contribution in [2.45, 2.75) is 44.3 Å². The quantitative estimate of drug-likeness (QED) is 0.464. The van der Waals surface area contributed by atoms with Crippen molar-refractivity contribution in [2.75, 3.05) is 38.0 Å². The van der Waals surface area contributed by atoms with Crippen molar-refractivity contribution in [1.82, 2.24) is 10.2 Å². The van der Waals surface area contributed by atoms with Gasteiger partial charge in [-0.2, -0.15) is 0 Å². The van der Waals surface area contributed by atoms with E-state index >= 15 is 0 Å². The molecule has 3 aliphatic rings. The molecule has 2 amide bonds. The first-order valence-corrected chi connectivity index (χ1v) is 13.6. The Bertz CT molecular complexity index is 1280. The van der Waals surface area contributed by atoms with Crippen molar-refractivity contribution < 1.29 is 28.2 Å². The second-order valence-corrected chi connectivity index (χ2v) is 10.2. The van der Waals surface area contributed by atoms with Crippen molar-refractivity contribution >= 4 is 17.5 Å². The van der Waals surface area contributed by atoms with Crippen LogP contribution in [0.5, 0.6) is 11.5 Å². The molecule has 9 heteroatoms. The Balaban J connectivity index is 1.35. The Hall–Kier alpha value is -3.98. The smallest absolute Gasteiger partial charge is 0.290 e. The number of carbonyl (C=O) groups excluding carboxylic acids is 2. The van der Waals surface area contributed by atoms with Crippen LogP contribution in [0, 0.1) is 0 Å². The molecule has 6 rings (SSSR count). The number of hydrogen-bond acceptors (Lipinski definition) is 7. The molecule has 3 heterocycles. The third-order valence-electron chi connectivity index (χ3n) is 7.63. The first kappa shape index (κ1) is 25.3. The van der Waals surface area contributed by atoms with E-state index in [0.29, 0.717) is 24.7 Å². The van der Waals surface area contributed by atoms with Gasteiger partial charge in [0.1, 0.15) is 6.04 Å². The summed E-state index contributed by atoms with van der Waals surface area (Å²) in [4.78, 5) is 31.7. The normalized spacial score (nSPS) is 17.7. The SMILES string of the molecule is O=C(NC1CCCC1)[C@H](c1ccc(N2CCOCC2)cc1)N(Cc1ccc2c(c1)OCO2)C(=O)c1ccco1. The molecule has 0 radical (unpaired) electrons. The van der Waals surface area contributed by atoms with E-state index in [2.05, 4.69) is 10.2 Å². The number of nitrogens with one attached hydrogen (secondary N) is 1. The zero-order chi connectivity index (χ0) is 26.6. The van der Waals surface area contributed by atoms with Gasteiger partial charge in [0, 0.05) is 31.4 Å². The number of ether oxygens (including phenoxy) is 3. The molecule has 0 spiro atoms. The van der Waals surface area contributed by atoms with Gasteiger partial charge in [0.15, 0.2) is 17.3 Å². The standard InChI is InChI=1S/C30H33N3O6/c34-29(31-23-4-1-2-5-23)28(22-8-10-24(11-9-22)32-13-16-36-17-14-32)33(30(35)26-6-3-15-37-26)19-21-7-12-25-27(18-21)39-20-38-25/h3,6-12,15,18,23,28H,1-2,4-5,13-14,16-17,19-20H2,(H,31,34)/t28-/m0/s1. The van der Waals surface area contributed by atoms with Crippen LogP contribution in [0.15, 0.2) is 65.3 Å². The first-order chi connectivity index (χ1) is 19.2. The molecule has 1 saturated heterocycles. The molecule has 1 saturated carbocycles. The predicted octanol–water partition coefficient (Wildman–Crippen LogP) is 4.29. The van der Waals surface area contributed by atoms with Crippen LogP contribution in [0.25, 0.3) is 0 Å². The second kappa shape index (κ2) is 11.4. The molecule has 2 fully saturated rings. The lowest BCUT2D eigenvalue weighted by Gasteiger charge is -2.33. The van der Waals surface area contributed by atoms with E-state index in [4.69, 9.17) is 18.6 Å². The largest absolute Gasteiger partial charge is 0.459 e. The van der Waals surface area contributed by atoms with Gasteiger partial charge in [-0.3, -0.25) is 9.59 Å². The molecule has 1 aromatic heterocycles. The highest BCUT2D eigenvalue weighted by molar-refractivity contribution is 5.96. The predicted molar refractivity (Wildman–Crippen MR) is 144 cm³/mol. The molecule has 1 N–H and O–H groups in total. The molecule has 1 aliphatic carbocycles. The van der Waals surface area contributed by atoms with Gasteiger partial charge in [-0.1, -0.05) is 31.0 Å². The van der Waals surface area contributed by atoms with Gasteiger partial charge in [-0.05, 0) is 60.4 Å². The minimum Gasteiger partial charge on any atom is -0.459 e. The van der Waals surface area contributed by atoms with Gasteiger partial charge in [-0.25, -0.2) is 0 Å². The van der Waals surface area contributed by atoms with E-state index in [-0.39, 0.29) is 37.0 Å². The topological polar surface area (TPSA) is 93.5 Å². The van der Waals surface area contributed by atoms with Crippen LogP contribution < -0.4 is 19.7 Å². The number of benzene rings is 2. The fraction of sp³-hybridized carbons (Fsp3) is 0.400. The molecule has 0 bridgehead atoms. The number of carbonyl (C=O) groups is 2. The Labute approximate surface area is 227 Å². The summed E-state index contributed by atoms with van der Waals surface area (Å²) >= 11 is 0. The Kier molecular flexibility index (Phi) is 7.40. The highest BCUT2D eigenvalue weighted by Crippen LogP contribution is 2.35. The maximum absolute atomic E-state index is 14.0. The Morgan fingerprint density at radius 1 is 0.974 bits per heavy atom. The summed E-state index contributed by atoms with van der Waals surface area (Å²) in [5.74, 6) is 0.916. The Morgan fingerprint density at radius 3 is 2.49 bits per heavy atom. The lowest BCUT2D eigenvalue weighted by molar-refractivity contribution is -0.126. The van der Waals surface area contributed by atoms with Crippen molar-refractivity contribution in [3.05, 3.63) is 77.7 Å². The molecular weight excluding hydrogens is 498 g/mol. The second-order valence-electron chi connectivity index (χ2n) is 10.2. The molecule has 2 aromatic carbocycles.